The molecule has 0 spiro atoms. The van der Waals surface area contributed by atoms with E-state index in [1.165, 1.54) is 24.6 Å². The van der Waals surface area contributed by atoms with Gasteiger partial charge in [0.1, 0.15) is 5.75 Å². The van der Waals surface area contributed by atoms with Gasteiger partial charge in [-0.05, 0) is 25.0 Å². The third-order valence-electron chi connectivity index (χ3n) is 5.40. The van der Waals surface area contributed by atoms with Crippen LogP contribution < -0.4 is 4.74 Å². The van der Waals surface area contributed by atoms with Crippen LogP contribution in [0.1, 0.15) is 37.7 Å². The predicted octanol–water partition coefficient (Wildman–Crippen LogP) is 3.55. The number of hydrogen-bond donors (Lipinski definition) is 0. The predicted molar refractivity (Wildman–Crippen MR) is 102 cm³/mol. The van der Waals surface area contributed by atoms with Crippen LogP contribution in [-0.2, 0) is 9.59 Å². The van der Waals surface area contributed by atoms with E-state index in [1.807, 2.05) is 4.90 Å². The average molecular weight is 392 g/mol. The number of benzene rings is 1. The number of rotatable bonds is 5. The molecule has 0 atom stereocenters. The highest BCUT2D eigenvalue weighted by molar-refractivity contribution is 5.92. The molecule has 1 heterocycles. The smallest absolute Gasteiger partial charge is 0.387 e. The van der Waals surface area contributed by atoms with Crippen LogP contribution in [0.25, 0.3) is 6.08 Å². The molecule has 2 aliphatic rings. The number of ether oxygens (including phenoxy) is 1. The summed E-state index contributed by atoms with van der Waals surface area (Å²) >= 11 is 0. The van der Waals surface area contributed by atoms with Crippen molar-refractivity contribution in [3.63, 3.8) is 0 Å². The largest absolute Gasteiger partial charge is 0.434 e. The van der Waals surface area contributed by atoms with Gasteiger partial charge < -0.3 is 14.5 Å². The maximum absolute atomic E-state index is 12.6. The summed E-state index contributed by atoms with van der Waals surface area (Å²) < 4.78 is 29.4. The maximum Gasteiger partial charge on any atom is 0.387 e. The minimum absolute atomic E-state index is 0.0319. The van der Waals surface area contributed by atoms with Gasteiger partial charge in [-0.3, -0.25) is 9.59 Å². The molecule has 3 rings (SSSR count). The molecule has 28 heavy (non-hydrogen) atoms. The van der Waals surface area contributed by atoms with E-state index in [1.54, 1.807) is 23.1 Å². The van der Waals surface area contributed by atoms with Crippen LogP contribution in [0, 0.1) is 5.92 Å². The third kappa shape index (κ3) is 5.30. The van der Waals surface area contributed by atoms with Gasteiger partial charge in [-0.1, -0.05) is 37.5 Å². The lowest BCUT2D eigenvalue weighted by molar-refractivity contribution is -0.141. The van der Waals surface area contributed by atoms with Crippen LogP contribution in [0.5, 0.6) is 5.75 Å². The molecule has 0 aromatic heterocycles. The molecule has 0 unspecified atom stereocenters. The number of carbonyl (C=O) groups excluding carboxylic acids is 2. The van der Waals surface area contributed by atoms with Gasteiger partial charge in [-0.2, -0.15) is 8.78 Å². The molecular weight excluding hydrogens is 366 g/mol. The molecule has 0 N–H and O–H groups in total. The van der Waals surface area contributed by atoms with E-state index in [2.05, 4.69) is 4.74 Å². The van der Waals surface area contributed by atoms with Crippen molar-refractivity contribution in [3.05, 3.63) is 35.9 Å². The highest BCUT2D eigenvalue weighted by atomic mass is 19.3. The topological polar surface area (TPSA) is 49.9 Å². The Hall–Kier alpha value is -2.44. The molecule has 1 saturated heterocycles. The van der Waals surface area contributed by atoms with E-state index in [4.69, 9.17) is 0 Å². The van der Waals surface area contributed by atoms with E-state index in [-0.39, 0.29) is 23.5 Å². The van der Waals surface area contributed by atoms with Gasteiger partial charge in [0.2, 0.25) is 11.8 Å². The van der Waals surface area contributed by atoms with Crippen molar-refractivity contribution in [2.75, 3.05) is 26.2 Å². The molecule has 0 bridgehead atoms. The van der Waals surface area contributed by atoms with E-state index < -0.39 is 6.61 Å². The van der Waals surface area contributed by atoms with Crippen molar-refractivity contribution >= 4 is 17.9 Å². The molecule has 2 amide bonds. The lowest BCUT2D eigenvalue weighted by atomic mass is 9.88. The van der Waals surface area contributed by atoms with Crippen molar-refractivity contribution in [2.45, 2.75) is 38.7 Å². The van der Waals surface area contributed by atoms with Crippen molar-refractivity contribution < 1.29 is 23.1 Å². The Kier molecular flexibility index (Phi) is 7.01. The zero-order valence-corrected chi connectivity index (χ0v) is 15.9. The summed E-state index contributed by atoms with van der Waals surface area (Å²) in [6.45, 7) is -0.867. The van der Waals surface area contributed by atoms with Gasteiger partial charge >= 0.3 is 6.61 Å². The second-order valence-corrected chi connectivity index (χ2v) is 7.24. The number of alkyl halides is 2. The fraction of sp³-hybridized carbons (Fsp3) is 0.524. The summed E-state index contributed by atoms with van der Waals surface area (Å²) in [5.74, 6) is 0.198. The lowest BCUT2D eigenvalue weighted by Gasteiger charge is -2.36. The molecular formula is C21H26F2N2O3. The number of halogens is 2. The first kappa shape index (κ1) is 20.3. The lowest BCUT2D eigenvalue weighted by Crippen LogP contribution is -2.51. The van der Waals surface area contributed by atoms with E-state index in [0.717, 1.165) is 25.7 Å². The second kappa shape index (κ2) is 9.66. The zero-order chi connectivity index (χ0) is 19.9. The van der Waals surface area contributed by atoms with Gasteiger partial charge in [-0.25, -0.2) is 0 Å². The molecule has 5 nitrogen and oxygen atoms in total. The summed E-state index contributed by atoms with van der Waals surface area (Å²) in [6.07, 6.45) is 8.25. The number of para-hydroxylation sites is 1. The van der Waals surface area contributed by atoms with Crippen molar-refractivity contribution in [1.29, 1.82) is 0 Å². The fourth-order valence-electron chi connectivity index (χ4n) is 3.84. The number of hydrogen-bond acceptors (Lipinski definition) is 3. The summed E-state index contributed by atoms with van der Waals surface area (Å²) in [5, 5.41) is 0. The van der Waals surface area contributed by atoms with Crippen molar-refractivity contribution in [3.8, 4) is 5.75 Å². The van der Waals surface area contributed by atoms with Crippen LogP contribution in [0.4, 0.5) is 8.78 Å². The quantitative estimate of drug-likeness (QED) is 0.720. The molecule has 2 fully saturated rings. The summed E-state index contributed by atoms with van der Waals surface area (Å²) in [4.78, 5) is 28.6. The Bertz CT molecular complexity index is 709. The first-order valence-electron chi connectivity index (χ1n) is 9.84. The van der Waals surface area contributed by atoms with Crippen LogP contribution in [0.2, 0.25) is 0 Å². The minimum atomic E-state index is -2.92. The third-order valence-corrected chi connectivity index (χ3v) is 5.40. The molecule has 7 heteroatoms. The summed E-state index contributed by atoms with van der Waals surface area (Å²) in [7, 11) is 0. The Morgan fingerprint density at radius 2 is 1.64 bits per heavy atom. The van der Waals surface area contributed by atoms with Gasteiger partial charge in [0.05, 0.1) is 0 Å². The van der Waals surface area contributed by atoms with Crippen LogP contribution in [0.3, 0.4) is 0 Å². The molecule has 1 aliphatic carbocycles. The highest BCUT2D eigenvalue weighted by Gasteiger charge is 2.29. The first-order chi connectivity index (χ1) is 13.5. The van der Waals surface area contributed by atoms with Gasteiger partial charge in [0.25, 0.3) is 0 Å². The average Bonchev–Trinajstić information content (AvgIpc) is 2.73. The number of nitrogens with zero attached hydrogens (tertiary/aromatic N) is 2. The van der Waals surface area contributed by atoms with Crippen molar-refractivity contribution in [2.24, 2.45) is 5.92 Å². The SMILES string of the molecule is O=C(/C=C/c1ccccc1OC(F)F)N1CCN(C(=O)C2CCCCC2)CC1. The molecule has 0 radical (unpaired) electrons. The Morgan fingerprint density at radius 3 is 2.32 bits per heavy atom. The molecule has 1 saturated carbocycles. The van der Waals surface area contributed by atoms with Gasteiger partial charge in [-0.15, -0.1) is 0 Å². The highest BCUT2D eigenvalue weighted by Crippen LogP contribution is 2.26. The normalized spacial score (nSPS) is 18.7. The summed E-state index contributed by atoms with van der Waals surface area (Å²) in [6, 6.07) is 6.34. The maximum atomic E-state index is 12.6. The molecule has 152 valence electrons. The van der Waals surface area contributed by atoms with Gasteiger partial charge in [0.15, 0.2) is 0 Å². The second-order valence-electron chi connectivity index (χ2n) is 7.24. The van der Waals surface area contributed by atoms with E-state index >= 15 is 0 Å². The Balaban J connectivity index is 1.53. The zero-order valence-electron chi connectivity index (χ0n) is 15.9. The molecule has 1 aromatic rings. The van der Waals surface area contributed by atoms with Crippen LogP contribution in [0.15, 0.2) is 30.3 Å². The number of piperazine rings is 1. The minimum Gasteiger partial charge on any atom is -0.434 e. The Morgan fingerprint density at radius 1 is 1.00 bits per heavy atom. The monoisotopic (exact) mass is 392 g/mol. The fourth-order valence-corrected chi connectivity index (χ4v) is 3.84. The van der Waals surface area contributed by atoms with E-state index in [0.29, 0.717) is 31.7 Å². The molecule has 1 aromatic carbocycles. The number of carbonyl (C=O) groups is 2. The number of amides is 2. The molecule has 1 aliphatic heterocycles. The Labute approximate surface area is 163 Å². The summed E-state index contributed by atoms with van der Waals surface area (Å²) in [5.41, 5.74) is 0.419. The standard InChI is InChI=1S/C21H26F2N2O3/c22-21(23)28-18-9-5-4-6-16(18)10-11-19(26)24-12-14-25(15-13-24)20(27)17-7-2-1-3-8-17/h4-6,9-11,17,21H,1-3,7-8,12-15H2/b11-10+. The van der Waals surface area contributed by atoms with Crippen LogP contribution in [-0.4, -0.2) is 54.4 Å². The first-order valence-corrected chi connectivity index (χ1v) is 9.84. The van der Waals surface area contributed by atoms with Crippen LogP contribution >= 0.6 is 0 Å². The van der Waals surface area contributed by atoms with E-state index in [9.17, 15) is 18.4 Å². The van der Waals surface area contributed by atoms with Crippen molar-refractivity contribution in [1.82, 2.24) is 9.80 Å². The van der Waals surface area contributed by atoms with Gasteiger partial charge in [0, 0.05) is 43.7 Å².